The Morgan fingerprint density at radius 3 is 2.43 bits per heavy atom. The highest BCUT2D eigenvalue weighted by Crippen LogP contribution is 2.37. The number of hydrogen-bond acceptors (Lipinski definition) is 5. The third-order valence-corrected chi connectivity index (χ3v) is 4.02. The fourth-order valence-corrected chi connectivity index (χ4v) is 3.01. The molecule has 1 N–H and O–H groups in total. The smallest absolute Gasteiger partial charge is 0.273 e. The summed E-state index contributed by atoms with van der Waals surface area (Å²) in [6.45, 7) is 4.35. The molecule has 1 fully saturated rings. The lowest BCUT2D eigenvalue weighted by Gasteiger charge is -2.21. The second-order valence-electron chi connectivity index (χ2n) is 5.25. The summed E-state index contributed by atoms with van der Waals surface area (Å²) in [5.41, 5.74) is 0.755. The molecule has 1 aliphatic rings. The molecule has 0 aliphatic carbocycles. The number of rotatable bonds is 3. The zero-order valence-electron chi connectivity index (χ0n) is 12.5. The molecule has 6 nitrogen and oxygen atoms in total. The number of aromatic amines is 1. The maximum absolute atomic E-state index is 12.0. The first-order chi connectivity index (χ1) is 10.9. The third kappa shape index (κ3) is 3.21. The number of aromatic nitrogens is 2. The predicted molar refractivity (Wildman–Crippen MR) is 85.4 cm³/mol. The molecular weight excluding hydrogens is 343 g/mol. The van der Waals surface area contributed by atoms with Gasteiger partial charge in [-0.3, -0.25) is 4.79 Å². The molecule has 0 saturated carbocycles. The Hall–Kier alpha value is -1.60. The lowest BCUT2D eigenvalue weighted by atomic mass is 10.1. The summed E-state index contributed by atoms with van der Waals surface area (Å²) in [6, 6.07) is 4.90. The topological polar surface area (TPSA) is 73.4 Å². The van der Waals surface area contributed by atoms with Gasteiger partial charge in [0.15, 0.2) is 11.5 Å². The van der Waals surface area contributed by atoms with Crippen molar-refractivity contribution in [1.29, 1.82) is 0 Å². The van der Waals surface area contributed by atoms with Crippen molar-refractivity contribution in [3.63, 3.8) is 0 Å². The molecule has 0 atom stereocenters. The summed E-state index contributed by atoms with van der Waals surface area (Å²) in [5, 5.41) is 6.92. The van der Waals surface area contributed by atoms with E-state index in [-0.39, 0.29) is 17.2 Å². The van der Waals surface area contributed by atoms with Gasteiger partial charge in [-0.05, 0) is 31.5 Å². The zero-order valence-corrected chi connectivity index (χ0v) is 14.0. The molecule has 2 heterocycles. The van der Waals surface area contributed by atoms with E-state index in [1.54, 1.807) is 19.1 Å². The van der Waals surface area contributed by atoms with Crippen molar-refractivity contribution < 1.29 is 14.2 Å². The van der Waals surface area contributed by atoms with Crippen molar-refractivity contribution in [3.05, 3.63) is 49.7 Å². The number of hydrogen-bond donors (Lipinski definition) is 1. The first-order valence-electron chi connectivity index (χ1n) is 6.91. The van der Waals surface area contributed by atoms with Gasteiger partial charge >= 0.3 is 0 Å². The molecule has 0 bridgehead atoms. The molecule has 0 amide bonds. The molecule has 0 unspecified atom stereocenters. The molecule has 2 aromatic rings. The second-order valence-corrected chi connectivity index (χ2v) is 6.07. The van der Waals surface area contributed by atoms with E-state index in [0.29, 0.717) is 23.3 Å². The van der Waals surface area contributed by atoms with Crippen molar-refractivity contribution in [2.24, 2.45) is 0 Å². The van der Waals surface area contributed by atoms with Crippen LogP contribution in [0.4, 0.5) is 0 Å². The van der Waals surface area contributed by atoms with Gasteiger partial charge in [0.05, 0.1) is 28.8 Å². The van der Waals surface area contributed by atoms with Gasteiger partial charge in [0.25, 0.3) is 5.56 Å². The molecule has 1 aromatic carbocycles. The molecule has 122 valence electrons. The van der Waals surface area contributed by atoms with Crippen LogP contribution in [0.3, 0.4) is 0 Å². The Morgan fingerprint density at radius 2 is 1.83 bits per heavy atom. The van der Waals surface area contributed by atoms with Crippen LogP contribution >= 0.6 is 23.2 Å². The molecule has 8 heteroatoms. The van der Waals surface area contributed by atoms with Crippen LogP contribution in [0.5, 0.6) is 11.6 Å². The first kappa shape index (κ1) is 16.3. The van der Waals surface area contributed by atoms with Gasteiger partial charge < -0.3 is 14.2 Å². The molecule has 1 saturated heterocycles. The predicted octanol–water partition coefficient (Wildman–Crippen LogP) is 3.40. The minimum absolute atomic E-state index is 0.132. The first-order valence-corrected chi connectivity index (χ1v) is 7.66. The number of benzene rings is 1. The molecule has 1 aromatic heterocycles. The molecule has 23 heavy (non-hydrogen) atoms. The highest BCUT2D eigenvalue weighted by atomic mass is 35.5. The van der Waals surface area contributed by atoms with E-state index in [4.69, 9.17) is 37.4 Å². The van der Waals surface area contributed by atoms with E-state index < -0.39 is 11.3 Å². The maximum Gasteiger partial charge on any atom is 0.273 e. The lowest BCUT2D eigenvalue weighted by Crippen LogP contribution is -2.31. The van der Waals surface area contributed by atoms with E-state index in [2.05, 4.69) is 10.2 Å². The third-order valence-electron chi connectivity index (χ3n) is 3.46. The molecular formula is C15H14Cl2N2O4. The standard InChI is InChI=1S/C15H14Cl2N2O4/c1-8-5-10(16)13(11(17)6-8)23-12-7-9(14(20)19-18-12)15(2)21-3-4-22-15/h5-7H,3-4H2,1-2H3,(H,19,20). The minimum Gasteiger partial charge on any atom is -0.434 e. The van der Waals surface area contributed by atoms with Crippen LogP contribution in [0.1, 0.15) is 18.1 Å². The second kappa shape index (κ2) is 6.13. The fraction of sp³-hybridized carbons (Fsp3) is 0.333. The van der Waals surface area contributed by atoms with Crippen LogP contribution in [0.15, 0.2) is 23.0 Å². The summed E-state index contributed by atoms with van der Waals surface area (Å²) < 4.78 is 16.6. The van der Waals surface area contributed by atoms with E-state index >= 15 is 0 Å². The number of H-pyrrole nitrogens is 1. The van der Waals surface area contributed by atoms with E-state index in [1.807, 2.05) is 6.92 Å². The Bertz CT molecular complexity index is 777. The van der Waals surface area contributed by atoms with Crippen molar-refractivity contribution in [3.8, 4) is 11.6 Å². The average molecular weight is 357 g/mol. The van der Waals surface area contributed by atoms with E-state index in [1.165, 1.54) is 6.07 Å². The van der Waals surface area contributed by atoms with Crippen molar-refractivity contribution in [1.82, 2.24) is 10.2 Å². The van der Waals surface area contributed by atoms with Crippen molar-refractivity contribution in [2.45, 2.75) is 19.6 Å². The van der Waals surface area contributed by atoms with Gasteiger partial charge in [-0.2, -0.15) is 0 Å². The number of aryl methyl sites for hydroxylation is 1. The largest absolute Gasteiger partial charge is 0.434 e. The summed E-state index contributed by atoms with van der Waals surface area (Å²) in [7, 11) is 0. The SMILES string of the molecule is Cc1cc(Cl)c(Oc2cc(C3(C)OCCO3)c(=O)[nH]n2)c(Cl)c1. The van der Waals surface area contributed by atoms with Crippen molar-refractivity contribution >= 4 is 23.2 Å². The lowest BCUT2D eigenvalue weighted by molar-refractivity contribution is -0.150. The summed E-state index contributed by atoms with van der Waals surface area (Å²) in [5.74, 6) is -0.731. The maximum atomic E-state index is 12.0. The summed E-state index contributed by atoms with van der Waals surface area (Å²) in [6.07, 6.45) is 0. The van der Waals surface area contributed by atoms with Gasteiger partial charge in [-0.25, -0.2) is 5.10 Å². The number of nitrogens with zero attached hydrogens (tertiary/aromatic N) is 1. The van der Waals surface area contributed by atoms with Crippen molar-refractivity contribution in [2.75, 3.05) is 13.2 Å². The summed E-state index contributed by atoms with van der Waals surface area (Å²) >= 11 is 12.3. The van der Waals surface area contributed by atoms with Gasteiger partial charge in [0.2, 0.25) is 5.88 Å². The Kier molecular flexibility index (Phi) is 4.33. The van der Waals surface area contributed by atoms with Gasteiger partial charge in [0, 0.05) is 6.07 Å². The van der Waals surface area contributed by atoms with Crippen LogP contribution in [-0.2, 0) is 15.3 Å². The quantitative estimate of drug-likeness (QED) is 0.912. The zero-order chi connectivity index (χ0) is 16.6. The van der Waals surface area contributed by atoms with Crippen LogP contribution in [0.25, 0.3) is 0 Å². The van der Waals surface area contributed by atoms with E-state index in [9.17, 15) is 4.79 Å². The van der Waals surface area contributed by atoms with Crippen LogP contribution in [0.2, 0.25) is 10.0 Å². The number of halogens is 2. The van der Waals surface area contributed by atoms with Gasteiger partial charge in [-0.15, -0.1) is 5.10 Å². The number of nitrogens with one attached hydrogen (secondary N) is 1. The highest BCUT2D eigenvalue weighted by molar-refractivity contribution is 6.37. The Labute approximate surface area is 142 Å². The van der Waals surface area contributed by atoms with Crippen LogP contribution < -0.4 is 10.3 Å². The average Bonchev–Trinajstić information content (AvgIpc) is 2.92. The molecule has 0 spiro atoms. The highest BCUT2D eigenvalue weighted by Gasteiger charge is 2.36. The summed E-state index contributed by atoms with van der Waals surface area (Å²) in [4.78, 5) is 12.0. The molecule has 3 rings (SSSR count). The minimum atomic E-state index is -1.13. The molecule has 0 radical (unpaired) electrons. The monoisotopic (exact) mass is 356 g/mol. The van der Waals surface area contributed by atoms with Crippen LogP contribution in [-0.4, -0.2) is 23.4 Å². The number of ether oxygens (including phenoxy) is 3. The van der Waals surface area contributed by atoms with Crippen LogP contribution in [0, 0.1) is 6.92 Å². The Morgan fingerprint density at radius 1 is 1.22 bits per heavy atom. The Balaban J connectivity index is 1.98. The van der Waals surface area contributed by atoms with Gasteiger partial charge in [0.1, 0.15) is 0 Å². The normalized spacial score (nSPS) is 16.5. The molecule has 1 aliphatic heterocycles. The van der Waals surface area contributed by atoms with E-state index in [0.717, 1.165) is 5.56 Å². The van der Waals surface area contributed by atoms with Gasteiger partial charge in [-0.1, -0.05) is 23.2 Å². The fourth-order valence-electron chi connectivity index (χ4n) is 2.34.